The molecule has 3 rings (SSSR count). The number of aryl methyl sites for hydroxylation is 2. The number of benzene rings is 1. The van der Waals surface area contributed by atoms with Crippen LogP contribution in [0.15, 0.2) is 30.3 Å². The zero-order valence-corrected chi connectivity index (χ0v) is 12.5. The van der Waals surface area contributed by atoms with Gasteiger partial charge in [-0.15, -0.1) is 0 Å². The highest BCUT2D eigenvalue weighted by molar-refractivity contribution is 5.94. The fourth-order valence-electron chi connectivity index (χ4n) is 2.77. The van der Waals surface area contributed by atoms with E-state index in [9.17, 15) is 4.79 Å². The van der Waals surface area contributed by atoms with E-state index in [0.29, 0.717) is 6.54 Å². The number of carbonyl (C=O) groups excluding carboxylic acids is 1. The van der Waals surface area contributed by atoms with Crippen LogP contribution in [0.2, 0.25) is 0 Å². The molecule has 0 spiro atoms. The molecule has 110 valence electrons. The molecule has 0 aliphatic carbocycles. The number of anilines is 1. The number of hydrogen-bond acceptors (Lipinski definition) is 3. The van der Waals surface area contributed by atoms with E-state index in [-0.39, 0.29) is 12.5 Å². The summed E-state index contributed by atoms with van der Waals surface area (Å²) in [6, 6.07) is 10.1. The normalized spacial score (nSPS) is 14.7. The number of aromatic nitrogens is 2. The molecule has 0 saturated heterocycles. The molecular weight excluding hydrogens is 264 g/mol. The minimum Gasteiger partial charge on any atom is -0.311 e. The Bertz CT molecular complexity index is 662. The largest absolute Gasteiger partial charge is 0.311 e. The third-order valence-corrected chi connectivity index (χ3v) is 3.80. The SMILES string of the molecule is Cc1cc(C)n(CC(=O)N2CCNCc3ccccc32)n1. The minimum absolute atomic E-state index is 0.0809. The van der Waals surface area contributed by atoms with Crippen LogP contribution in [-0.2, 0) is 17.9 Å². The lowest BCUT2D eigenvalue weighted by atomic mass is 10.1. The predicted molar refractivity (Wildman–Crippen MR) is 82.2 cm³/mol. The summed E-state index contributed by atoms with van der Waals surface area (Å²) in [7, 11) is 0. The van der Waals surface area contributed by atoms with E-state index in [1.54, 1.807) is 4.68 Å². The number of amides is 1. The van der Waals surface area contributed by atoms with Gasteiger partial charge >= 0.3 is 0 Å². The van der Waals surface area contributed by atoms with E-state index in [0.717, 1.165) is 35.7 Å². The number of carbonyl (C=O) groups is 1. The molecule has 5 heteroatoms. The molecule has 5 nitrogen and oxygen atoms in total. The van der Waals surface area contributed by atoms with Gasteiger partial charge < -0.3 is 10.2 Å². The maximum atomic E-state index is 12.7. The third-order valence-electron chi connectivity index (χ3n) is 3.80. The van der Waals surface area contributed by atoms with Crippen molar-refractivity contribution in [2.24, 2.45) is 0 Å². The van der Waals surface area contributed by atoms with Crippen LogP contribution in [0.1, 0.15) is 17.0 Å². The van der Waals surface area contributed by atoms with Crippen molar-refractivity contribution in [1.82, 2.24) is 15.1 Å². The minimum atomic E-state index is 0.0809. The first-order valence-electron chi connectivity index (χ1n) is 7.25. The van der Waals surface area contributed by atoms with Gasteiger partial charge in [0.2, 0.25) is 5.91 Å². The van der Waals surface area contributed by atoms with E-state index in [1.165, 1.54) is 0 Å². The number of para-hydroxylation sites is 1. The van der Waals surface area contributed by atoms with Crippen LogP contribution in [0.4, 0.5) is 5.69 Å². The summed E-state index contributed by atoms with van der Waals surface area (Å²) in [5.41, 5.74) is 4.13. The summed E-state index contributed by atoms with van der Waals surface area (Å²) >= 11 is 0. The number of fused-ring (bicyclic) bond motifs is 1. The lowest BCUT2D eigenvalue weighted by Gasteiger charge is -2.22. The van der Waals surface area contributed by atoms with Crippen LogP contribution in [0.25, 0.3) is 0 Å². The van der Waals surface area contributed by atoms with Crippen LogP contribution in [0, 0.1) is 13.8 Å². The molecule has 1 aromatic heterocycles. The lowest BCUT2D eigenvalue weighted by molar-refractivity contribution is -0.119. The summed E-state index contributed by atoms with van der Waals surface area (Å²) in [6.45, 7) is 6.50. The van der Waals surface area contributed by atoms with Crippen molar-refractivity contribution in [2.75, 3.05) is 18.0 Å². The Morgan fingerprint density at radius 2 is 2.14 bits per heavy atom. The van der Waals surface area contributed by atoms with E-state index in [1.807, 2.05) is 43.0 Å². The highest BCUT2D eigenvalue weighted by Crippen LogP contribution is 2.22. The van der Waals surface area contributed by atoms with Gasteiger partial charge in [-0.25, -0.2) is 0 Å². The van der Waals surface area contributed by atoms with Crippen molar-refractivity contribution < 1.29 is 4.79 Å². The molecule has 0 fully saturated rings. The number of hydrogen-bond donors (Lipinski definition) is 1. The average molecular weight is 284 g/mol. The lowest BCUT2D eigenvalue weighted by Crippen LogP contribution is -2.37. The monoisotopic (exact) mass is 284 g/mol. The van der Waals surface area contributed by atoms with Gasteiger partial charge in [-0.05, 0) is 31.5 Å². The van der Waals surface area contributed by atoms with Gasteiger partial charge in [-0.2, -0.15) is 5.10 Å². The molecule has 1 aromatic carbocycles. The Hall–Kier alpha value is -2.14. The molecule has 0 radical (unpaired) electrons. The Morgan fingerprint density at radius 3 is 2.90 bits per heavy atom. The van der Waals surface area contributed by atoms with Gasteiger partial charge in [0.15, 0.2) is 0 Å². The standard InChI is InChI=1S/C16H20N4O/c1-12-9-13(2)20(18-12)11-16(21)19-8-7-17-10-14-5-3-4-6-15(14)19/h3-6,9,17H,7-8,10-11H2,1-2H3. The third kappa shape index (κ3) is 2.83. The number of nitrogens with one attached hydrogen (secondary N) is 1. The summed E-state index contributed by atoms with van der Waals surface area (Å²) < 4.78 is 1.78. The van der Waals surface area contributed by atoms with Gasteiger partial charge in [-0.1, -0.05) is 18.2 Å². The Labute approximate surface area is 124 Å². The molecule has 21 heavy (non-hydrogen) atoms. The Morgan fingerprint density at radius 1 is 1.33 bits per heavy atom. The predicted octanol–water partition coefficient (Wildman–Crippen LogP) is 1.64. The first kappa shape index (κ1) is 13.8. The van der Waals surface area contributed by atoms with E-state index in [2.05, 4.69) is 16.5 Å². The second-order valence-electron chi connectivity index (χ2n) is 5.44. The molecular formula is C16H20N4O. The molecule has 2 heterocycles. The smallest absolute Gasteiger partial charge is 0.248 e. The number of rotatable bonds is 2. The molecule has 1 aliphatic rings. The van der Waals surface area contributed by atoms with Gasteiger partial charge in [0.05, 0.1) is 5.69 Å². The van der Waals surface area contributed by atoms with Gasteiger partial charge in [0.25, 0.3) is 0 Å². The zero-order chi connectivity index (χ0) is 14.8. The van der Waals surface area contributed by atoms with Crippen LogP contribution in [-0.4, -0.2) is 28.8 Å². The molecule has 2 aromatic rings. The maximum Gasteiger partial charge on any atom is 0.248 e. The molecule has 1 amide bonds. The van der Waals surface area contributed by atoms with Crippen molar-refractivity contribution in [3.05, 3.63) is 47.3 Å². The van der Waals surface area contributed by atoms with Crippen LogP contribution >= 0.6 is 0 Å². The zero-order valence-electron chi connectivity index (χ0n) is 12.5. The Kier molecular flexibility index (Phi) is 3.75. The summed E-state index contributed by atoms with van der Waals surface area (Å²) in [5.74, 6) is 0.0809. The fourth-order valence-corrected chi connectivity index (χ4v) is 2.77. The maximum absolute atomic E-state index is 12.7. The van der Waals surface area contributed by atoms with Crippen molar-refractivity contribution in [3.63, 3.8) is 0 Å². The molecule has 0 bridgehead atoms. The van der Waals surface area contributed by atoms with Crippen LogP contribution < -0.4 is 10.2 Å². The molecule has 1 N–H and O–H groups in total. The van der Waals surface area contributed by atoms with Gasteiger partial charge in [0.1, 0.15) is 6.54 Å². The molecule has 0 unspecified atom stereocenters. The summed E-state index contributed by atoms with van der Waals surface area (Å²) in [6.07, 6.45) is 0. The second kappa shape index (κ2) is 5.69. The quantitative estimate of drug-likeness (QED) is 0.912. The molecule has 0 saturated carbocycles. The first-order chi connectivity index (χ1) is 10.1. The molecule has 0 atom stereocenters. The number of nitrogens with zero attached hydrogens (tertiary/aromatic N) is 3. The van der Waals surface area contributed by atoms with Crippen LogP contribution in [0.3, 0.4) is 0 Å². The van der Waals surface area contributed by atoms with E-state index < -0.39 is 0 Å². The fraction of sp³-hybridized carbons (Fsp3) is 0.375. The Balaban J connectivity index is 1.86. The van der Waals surface area contributed by atoms with Crippen molar-refractivity contribution in [1.29, 1.82) is 0 Å². The summed E-state index contributed by atoms with van der Waals surface area (Å²) in [5, 5.41) is 7.73. The van der Waals surface area contributed by atoms with E-state index >= 15 is 0 Å². The topological polar surface area (TPSA) is 50.2 Å². The van der Waals surface area contributed by atoms with Gasteiger partial charge in [0, 0.05) is 31.0 Å². The van der Waals surface area contributed by atoms with Crippen LogP contribution in [0.5, 0.6) is 0 Å². The molecule has 1 aliphatic heterocycles. The van der Waals surface area contributed by atoms with Crippen molar-refractivity contribution >= 4 is 11.6 Å². The summed E-state index contributed by atoms with van der Waals surface area (Å²) in [4.78, 5) is 14.5. The highest BCUT2D eigenvalue weighted by Gasteiger charge is 2.21. The first-order valence-corrected chi connectivity index (χ1v) is 7.25. The second-order valence-corrected chi connectivity index (χ2v) is 5.44. The van der Waals surface area contributed by atoms with Gasteiger partial charge in [-0.3, -0.25) is 9.48 Å². The van der Waals surface area contributed by atoms with Crippen molar-refractivity contribution in [3.8, 4) is 0 Å². The highest BCUT2D eigenvalue weighted by atomic mass is 16.2. The average Bonchev–Trinajstić information content (AvgIpc) is 2.67. The van der Waals surface area contributed by atoms with E-state index in [4.69, 9.17) is 0 Å². The van der Waals surface area contributed by atoms with Crippen molar-refractivity contribution in [2.45, 2.75) is 26.9 Å².